The van der Waals surface area contributed by atoms with Crippen molar-refractivity contribution in [3.8, 4) is 0 Å². The van der Waals surface area contributed by atoms with Crippen LogP contribution in [0.1, 0.15) is 44.0 Å². The van der Waals surface area contributed by atoms with Crippen LogP contribution in [-0.2, 0) is 0 Å². The molecule has 0 saturated carbocycles. The molecule has 0 bridgehead atoms. The van der Waals surface area contributed by atoms with Crippen LogP contribution in [0.3, 0.4) is 0 Å². The van der Waals surface area contributed by atoms with Crippen molar-refractivity contribution in [3.05, 3.63) is 11.8 Å². The van der Waals surface area contributed by atoms with Gasteiger partial charge >= 0.3 is 0 Å². The fourth-order valence-electron chi connectivity index (χ4n) is 0.998. The number of thioether (sulfide) groups is 1. The number of nitrogens with two attached hydrogens (primary N) is 1. The lowest BCUT2D eigenvalue weighted by atomic mass is 10.2. The van der Waals surface area contributed by atoms with E-state index in [0.29, 0.717) is 11.8 Å². The van der Waals surface area contributed by atoms with Gasteiger partial charge in [0.25, 0.3) is 0 Å². The Morgan fingerprint density at radius 2 is 2.00 bits per heavy atom. The van der Waals surface area contributed by atoms with Crippen LogP contribution < -0.4 is 5.73 Å². The van der Waals surface area contributed by atoms with Crippen molar-refractivity contribution in [1.29, 1.82) is 0 Å². The summed E-state index contributed by atoms with van der Waals surface area (Å²) in [5.41, 5.74) is 5.88. The molecule has 0 radical (unpaired) electrons. The summed E-state index contributed by atoms with van der Waals surface area (Å²) in [6.07, 6.45) is 2.93. The SMILES string of the molecule is CSCC[C@H](N)c1nnc(C(C)C)o1. The van der Waals surface area contributed by atoms with Gasteiger partial charge in [0.2, 0.25) is 11.8 Å². The molecule has 0 amide bonds. The highest BCUT2D eigenvalue weighted by Crippen LogP contribution is 2.18. The van der Waals surface area contributed by atoms with Crippen LogP contribution in [0.4, 0.5) is 0 Å². The van der Waals surface area contributed by atoms with E-state index < -0.39 is 0 Å². The van der Waals surface area contributed by atoms with E-state index in [0.717, 1.165) is 12.2 Å². The van der Waals surface area contributed by atoms with Crippen molar-refractivity contribution in [1.82, 2.24) is 10.2 Å². The maximum absolute atomic E-state index is 5.88. The largest absolute Gasteiger partial charge is 0.423 e. The fourth-order valence-corrected chi connectivity index (χ4v) is 1.49. The molecule has 4 nitrogen and oxygen atoms in total. The van der Waals surface area contributed by atoms with Crippen LogP contribution in [0, 0.1) is 0 Å². The third kappa shape index (κ3) is 2.99. The van der Waals surface area contributed by atoms with Gasteiger partial charge in [-0.2, -0.15) is 11.8 Å². The highest BCUT2D eigenvalue weighted by Gasteiger charge is 2.15. The first-order chi connectivity index (χ1) is 6.65. The lowest BCUT2D eigenvalue weighted by Crippen LogP contribution is -2.11. The van der Waals surface area contributed by atoms with E-state index >= 15 is 0 Å². The Labute approximate surface area is 88.7 Å². The van der Waals surface area contributed by atoms with Gasteiger partial charge in [-0.15, -0.1) is 10.2 Å². The van der Waals surface area contributed by atoms with Gasteiger partial charge in [-0.1, -0.05) is 13.8 Å². The lowest BCUT2D eigenvalue weighted by Gasteiger charge is -2.04. The van der Waals surface area contributed by atoms with Crippen molar-refractivity contribution in [2.45, 2.75) is 32.2 Å². The van der Waals surface area contributed by atoms with Gasteiger partial charge in [-0.05, 0) is 18.4 Å². The third-order valence-corrected chi connectivity index (χ3v) is 2.54. The van der Waals surface area contributed by atoms with Gasteiger partial charge in [0, 0.05) is 5.92 Å². The second kappa shape index (κ2) is 5.36. The topological polar surface area (TPSA) is 64.9 Å². The van der Waals surface area contributed by atoms with E-state index in [1.54, 1.807) is 11.8 Å². The van der Waals surface area contributed by atoms with Crippen molar-refractivity contribution in [3.63, 3.8) is 0 Å². The average Bonchev–Trinajstić information content (AvgIpc) is 2.62. The van der Waals surface area contributed by atoms with Crippen molar-refractivity contribution >= 4 is 11.8 Å². The van der Waals surface area contributed by atoms with Gasteiger partial charge in [0.1, 0.15) is 0 Å². The summed E-state index contributed by atoms with van der Waals surface area (Å²) in [5.74, 6) is 2.51. The van der Waals surface area contributed by atoms with Crippen LogP contribution in [-0.4, -0.2) is 22.2 Å². The van der Waals surface area contributed by atoms with E-state index in [-0.39, 0.29) is 12.0 Å². The monoisotopic (exact) mass is 215 g/mol. The summed E-state index contributed by atoms with van der Waals surface area (Å²) in [7, 11) is 0. The Hall–Kier alpha value is -0.550. The molecule has 1 aromatic heterocycles. The first-order valence-corrected chi connectivity index (χ1v) is 6.12. The Morgan fingerprint density at radius 1 is 1.36 bits per heavy atom. The van der Waals surface area contributed by atoms with E-state index in [2.05, 4.69) is 16.5 Å². The first kappa shape index (κ1) is 11.5. The van der Waals surface area contributed by atoms with Crippen LogP contribution in [0.25, 0.3) is 0 Å². The second-order valence-corrected chi connectivity index (χ2v) is 4.51. The van der Waals surface area contributed by atoms with Crippen LogP contribution in [0.5, 0.6) is 0 Å². The Kier molecular flexibility index (Phi) is 4.41. The minimum absolute atomic E-state index is 0.123. The number of nitrogens with zero attached hydrogens (tertiary/aromatic N) is 2. The van der Waals surface area contributed by atoms with Gasteiger partial charge < -0.3 is 10.2 Å². The molecule has 0 aromatic carbocycles. The predicted molar refractivity (Wildman–Crippen MR) is 58.3 cm³/mol. The van der Waals surface area contributed by atoms with Crippen LogP contribution in [0.15, 0.2) is 4.42 Å². The molecule has 0 saturated heterocycles. The summed E-state index contributed by atoms with van der Waals surface area (Å²) in [6, 6.07) is -0.123. The molecule has 0 fully saturated rings. The third-order valence-electron chi connectivity index (χ3n) is 1.90. The molecule has 0 aliphatic rings. The smallest absolute Gasteiger partial charge is 0.233 e. The lowest BCUT2D eigenvalue weighted by molar-refractivity contribution is 0.401. The maximum atomic E-state index is 5.88. The average molecular weight is 215 g/mol. The van der Waals surface area contributed by atoms with Crippen molar-refractivity contribution < 1.29 is 4.42 Å². The zero-order chi connectivity index (χ0) is 10.6. The van der Waals surface area contributed by atoms with Crippen molar-refractivity contribution in [2.24, 2.45) is 5.73 Å². The molecule has 2 N–H and O–H groups in total. The molecule has 5 heteroatoms. The number of hydrogen-bond acceptors (Lipinski definition) is 5. The van der Waals surface area contributed by atoms with E-state index in [4.69, 9.17) is 10.2 Å². The Bertz CT molecular complexity index is 275. The normalized spacial score (nSPS) is 13.5. The molecule has 1 atom stereocenters. The zero-order valence-electron chi connectivity index (χ0n) is 8.86. The molecule has 0 aliphatic heterocycles. The molecule has 1 aromatic rings. The molecule has 0 unspecified atom stereocenters. The van der Waals surface area contributed by atoms with Gasteiger partial charge in [0.05, 0.1) is 6.04 Å². The highest BCUT2D eigenvalue weighted by atomic mass is 32.2. The predicted octanol–water partition coefficient (Wildman–Crippen LogP) is 1.95. The minimum atomic E-state index is -0.123. The molecule has 1 rings (SSSR count). The molecular formula is C9H17N3OS. The molecule has 0 aliphatic carbocycles. The quantitative estimate of drug-likeness (QED) is 0.813. The second-order valence-electron chi connectivity index (χ2n) is 3.52. The van der Waals surface area contributed by atoms with Crippen LogP contribution >= 0.6 is 11.8 Å². The summed E-state index contributed by atoms with van der Waals surface area (Å²) in [5, 5.41) is 7.88. The van der Waals surface area contributed by atoms with E-state index in [1.165, 1.54) is 0 Å². The molecule has 80 valence electrons. The zero-order valence-corrected chi connectivity index (χ0v) is 9.67. The maximum Gasteiger partial charge on any atom is 0.233 e. The minimum Gasteiger partial charge on any atom is -0.423 e. The van der Waals surface area contributed by atoms with Gasteiger partial charge in [-0.3, -0.25) is 0 Å². The Morgan fingerprint density at radius 3 is 2.50 bits per heavy atom. The standard InChI is InChI=1S/C9H17N3OS/c1-6(2)8-11-12-9(13-8)7(10)4-5-14-3/h6-7H,4-5,10H2,1-3H3/t7-/m0/s1. The molecule has 1 heterocycles. The fraction of sp³-hybridized carbons (Fsp3) is 0.778. The summed E-state index contributed by atoms with van der Waals surface area (Å²) in [6.45, 7) is 4.04. The highest BCUT2D eigenvalue weighted by molar-refractivity contribution is 7.98. The van der Waals surface area contributed by atoms with Gasteiger partial charge in [0.15, 0.2) is 0 Å². The number of hydrogen-bond donors (Lipinski definition) is 1. The molecular weight excluding hydrogens is 198 g/mol. The summed E-state index contributed by atoms with van der Waals surface area (Å²) in [4.78, 5) is 0. The number of aromatic nitrogens is 2. The van der Waals surface area contributed by atoms with Crippen molar-refractivity contribution in [2.75, 3.05) is 12.0 Å². The van der Waals surface area contributed by atoms with E-state index in [1.807, 2.05) is 13.8 Å². The van der Waals surface area contributed by atoms with Crippen LogP contribution in [0.2, 0.25) is 0 Å². The summed E-state index contributed by atoms with van der Waals surface area (Å²) < 4.78 is 5.45. The van der Waals surface area contributed by atoms with Gasteiger partial charge in [-0.25, -0.2) is 0 Å². The molecule has 14 heavy (non-hydrogen) atoms. The molecule has 0 spiro atoms. The Balaban J connectivity index is 2.57. The summed E-state index contributed by atoms with van der Waals surface area (Å²) >= 11 is 1.77. The van der Waals surface area contributed by atoms with E-state index in [9.17, 15) is 0 Å². The first-order valence-electron chi connectivity index (χ1n) is 4.73. The number of rotatable bonds is 5.